The molecule has 1 saturated heterocycles. The predicted octanol–water partition coefficient (Wildman–Crippen LogP) is 1.73. The van der Waals surface area contributed by atoms with Crippen LogP contribution in [0.1, 0.15) is 32.3 Å². The van der Waals surface area contributed by atoms with Gasteiger partial charge in [-0.15, -0.1) is 12.4 Å². The monoisotopic (exact) mass is 506 g/mol. The van der Waals surface area contributed by atoms with Crippen LogP contribution in [0.5, 0.6) is 0 Å². The summed E-state index contributed by atoms with van der Waals surface area (Å²) in [5.74, 6) is -0.832. The second kappa shape index (κ2) is 13.3. The van der Waals surface area contributed by atoms with E-state index in [1.54, 1.807) is 13.8 Å². The van der Waals surface area contributed by atoms with E-state index in [-0.39, 0.29) is 38.0 Å². The van der Waals surface area contributed by atoms with Gasteiger partial charge in [0.1, 0.15) is 12.1 Å². The van der Waals surface area contributed by atoms with Gasteiger partial charge in [0.05, 0.1) is 12.2 Å². The summed E-state index contributed by atoms with van der Waals surface area (Å²) >= 11 is 0. The molecule has 35 heavy (non-hydrogen) atoms. The number of hydrogen-bond acceptors (Lipinski definition) is 6. The van der Waals surface area contributed by atoms with Gasteiger partial charge in [-0.1, -0.05) is 42.5 Å². The number of halogens is 1. The molecule has 3 rings (SSSR count). The maximum atomic E-state index is 13.1. The first-order valence-electron chi connectivity index (χ1n) is 11.7. The average Bonchev–Trinajstić information content (AvgIpc) is 3.31. The van der Waals surface area contributed by atoms with E-state index in [1.165, 1.54) is 4.90 Å². The smallest absolute Gasteiger partial charge is 0.410 e. The van der Waals surface area contributed by atoms with Gasteiger partial charge in [-0.2, -0.15) is 0 Å². The van der Waals surface area contributed by atoms with Crippen LogP contribution in [0.4, 0.5) is 4.79 Å². The summed E-state index contributed by atoms with van der Waals surface area (Å²) in [5.41, 5.74) is 6.31. The molecule has 10 heteroatoms. The van der Waals surface area contributed by atoms with E-state index in [0.29, 0.717) is 19.4 Å². The number of amides is 3. The Balaban J connectivity index is 0.00000432. The van der Waals surface area contributed by atoms with Crippen LogP contribution in [0, 0.1) is 0 Å². The highest BCUT2D eigenvalue weighted by molar-refractivity contribution is 5.92. The SMILES string of the molecule is CC(C)OC(=O)N1CCCC1C(=O)N[C@H](Cc1ccc2ccccc2c1)C(=O)NCC(O)CN.Cl. The molecule has 2 aromatic carbocycles. The Morgan fingerprint density at radius 1 is 1.17 bits per heavy atom. The quantitative estimate of drug-likeness (QED) is 0.409. The van der Waals surface area contributed by atoms with Crippen LogP contribution in [0.3, 0.4) is 0 Å². The van der Waals surface area contributed by atoms with Crippen LogP contribution in [0.15, 0.2) is 42.5 Å². The molecule has 3 amide bonds. The topological polar surface area (TPSA) is 134 Å². The molecule has 3 atom stereocenters. The summed E-state index contributed by atoms with van der Waals surface area (Å²) in [6, 6.07) is 12.2. The molecular weight excluding hydrogens is 472 g/mol. The molecule has 9 nitrogen and oxygen atoms in total. The summed E-state index contributed by atoms with van der Waals surface area (Å²) < 4.78 is 5.27. The molecule has 0 saturated carbocycles. The molecule has 0 spiro atoms. The largest absolute Gasteiger partial charge is 0.447 e. The normalized spacial score (nSPS) is 16.9. The Morgan fingerprint density at radius 2 is 1.89 bits per heavy atom. The summed E-state index contributed by atoms with van der Waals surface area (Å²) in [4.78, 5) is 39.9. The lowest BCUT2D eigenvalue weighted by molar-refractivity contribution is -0.131. The highest BCUT2D eigenvalue weighted by atomic mass is 35.5. The molecular formula is C25H35ClN4O5. The number of carbonyl (C=O) groups is 3. The summed E-state index contributed by atoms with van der Waals surface area (Å²) in [6.45, 7) is 3.92. The molecule has 1 aliphatic rings. The fourth-order valence-electron chi connectivity index (χ4n) is 4.03. The van der Waals surface area contributed by atoms with E-state index in [0.717, 1.165) is 16.3 Å². The van der Waals surface area contributed by atoms with Gasteiger partial charge >= 0.3 is 6.09 Å². The number of carbonyl (C=O) groups excluding carboxylic acids is 3. The minimum absolute atomic E-state index is 0. The number of hydrogen-bond donors (Lipinski definition) is 4. The predicted molar refractivity (Wildman–Crippen MR) is 136 cm³/mol. The summed E-state index contributed by atoms with van der Waals surface area (Å²) in [6.07, 6.45) is -0.279. The number of nitrogens with two attached hydrogens (primary N) is 1. The van der Waals surface area contributed by atoms with E-state index in [9.17, 15) is 19.5 Å². The Bertz CT molecular complexity index is 1020. The fourth-order valence-corrected chi connectivity index (χ4v) is 4.03. The molecule has 2 aromatic rings. The van der Waals surface area contributed by atoms with Gasteiger partial charge in [-0.3, -0.25) is 14.5 Å². The van der Waals surface area contributed by atoms with Gasteiger partial charge in [0, 0.05) is 26.1 Å². The molecule has 1 aliphatic heterocycles. The van der Waals surface area contributed by atoms with Gasteiger partial charge in [-0.25, -0.2) is 4.79 Å². The molecule has 0 aliphatic carbocycles. The minimum Gasteiger partial charge on any atom is -0.447 e. The van der Waals surface area contributed by atoms with Crippen LogP contribution in [0.2, 0.25) is 0 Å². The third-order valence-corrected chi connectivity index (χ3v) is 5.80. The number of likely N-dealkylation sites (tertiary alicyclic amines) is 1. The van der Waals surface area contributed by atoms with E-state index in [4.69, 9.17) is 10.5 Å². The first kappa shape index (κ1) is 28.4. The Morgan fingerprint density at radius 3 is 2.57 bits per heavy atom. The average molecular weight is 507 g/mol. The highest BCUT2D eigenvalue weighted by Gasteiger charge is 2.37. The summed E-state index contributed by atoms with van der Waals surface area (Å²) in [5, 5.41) is 17.3. The first-order valence-corrected chi connectivity index (χ1v) is 11.7. The molecule has 192 valence electrons. The van der Waals surface area contributed by atoms with E-state index in [2.05, 4.69) is 10.6 Å². The number of aliphatic hydroxyl groups is 1. The zero-order chi connectivity index (χ0) is 24.7. The standard InChI is InChI=1S/C25H34N4O5.ClH/c1-16(2)34-25(33)29-11-5-8-22(29)24(32)28-21(23(31)27-15-20(30)14-26)13-17-9-10-18-6-3-4-7-19(18)12-17;/h3-4,6-7,9-10,12,16,20-22,30H,5,8,11,13-15,26H2,1-2H3,(H,27,31)(H,28,32);1H/t20?,21-,22?;/m1./s1. The molecule has 5 N–H and O–H groups in total. The molecule has 2 unspecified atom stereocenters. The molecule has 0 bridgehead atoms. The number of aliphatic hydroxyl groups excluding tert-OH is 1. The lowest BCUT2D eigenvalue weighted by atomic mass is 10.0. The minimum atomic E-state index is -0.887. The van der Waals surface area contributed by atoms with Gasteiger partial charge in [-0.05, 0) is 43.0 Å². The van der Waals surface area contributed by atoms with Gasteiger partial charge in [0.25, 0.3) is 0 Å². The van der Waals surface area contributed by atoms with Crippen molar-refractivity contribution in [2.45, 2.75) is 57.4 Å². The van der Waals surface area contributed by atoms with Crippen molar-refractivity contribution in [3.8, 4) is 0 Å². The van der Waals surface area contributed by atoms with E-state index >= 15 is 0 Å². The van der Waals surface area contributed by atoms with Crippen molar-refractivity contribution in [1.29, 1.82) is 0 Å². The first-order chi connectivity index (χ1) is 16.3. The third-order valence-electron chi connectivity index (χ3n) is 5.80. The lowest BCUT2D eigenvalue weighted by Gasteiger charge is -2.26. The van der Waals surface area contributed by atoms with Crippen LogP contribution in [0.25, 0.3) is 10.8 Å². The number of nitrogens with zero attached hydrogens (tertiary/aromatic N) is 1. The van der Waals surface area contributed by atoms with E-state index in [1.807, 2.05) is 42.5 Å². The number of fused-ring (bicyclic) bond motifs is 1. The van der Waals surface area contributed by atoms with Crippen LogP contribution in [-0.4, -0.2) is 71.8 Å². The summed E-state index contributed by atoms with van der Waals surface area (Å²) in [7, 11) is 0. The van der Waals surface area contributed by atoms with Gasteiger partial charge < -0.3 is 26.2 Å². The Hall–Kier alpha value is -2.88. The van der Waals surface area contributed by atoms with E-state index < -0.39 is 36.1 Å². The second-order valence-corrected chi connectivity index (χ2v) is 8.87. The van der Waals surface area contributed by atoms with Gasteiger partial charge in [0.15, 0.2) is 0 Å². The van der Waals surface area contributed by atoms with Crippen molar-refractivity contribution in [3.05, 3.63) is 48.0 Å². The Kier molecular flexibility index (Phi) is 10.8. The number of benzene rings is 2. The fraction of sp³-hybridized carbons (Fsp3) is 0.480. The van der Waals surface area contributed by atoms with Crippen molar-refractivity contribution >= 4 is 41.1 Å². The van der Waals surface area contributed by atoms with Gasteiger partial charge in [0.2, 0.25) is 11.8 Å². The molecule has 1 heterocycles. The van der Waals surface area contributed by atoms with Crippen molar-refractivity contribution < 1.29 is 24.2 Å². The number of ether oxygens (including phenoxy) is 1. The van der Waals surface area contributed by atoms with Crippen LogP contribution >= 0.6 is 12.4 Å². The number of rotatable bonds is 9. The molecule has 0 aromatic heterocycles. The second-order valence-electron chi connectivity index (χ2n) is 8.87. The lowest BCUT2D eigenvalue weighted by Crippen LogP contribution is -2.54. The third kappa shape index (κ3) is 7.81. The van der Waals surface area contributed by atoms with Crippen LogP contribution < -0.4 is 16.4 Å². The molecule has 1 fully saturated rings. The van der Waals surface area contributed by atoms with Crippen molar-refractivity contribution in [2.24, 2.45) is 5.73 Å². The number of nitrogens with one attached hydrogen (secondary N) is 2. The maximum absolute atomic E-state index is 13.1. The highest BCUT2D eigenvalue weighted by Crippen LogP contribution is 2.20. The zero-order valence-electron chi connectivity index (χ0n) is 20.1. The van der Waals surface area contributed by atoms with Crippen LogP contribution in [-0.2, 0) is 20.7 Å². The Labute approximate surface area is 211 Å². The zero-order valence-corrected chi connectivity index (χ0v) is 20.9. The van der Waals surface area contributed by atoms with Crippen molar-refractivity contribution in [1.82, 2.24) is 15.5 Å². The molecule has 0 radical (unpaired) electrons. The van der Waals surface area contributed by atoms with Crippen molar-refractivity contribution in [3.63, 3.8) is 0 Å². The maximum Gasteiger partial charge on any atom is 0.410 e. The van der Waals surface area contributed by atoms with Crippen molar-refractivity contribution in [2.75, 3.05) is 19.6 Å².